The first-order chi connectivity index (χ1) is 15.0. The molecule has 1 aliphatic carbocycles. The van der Waals surface area contributed by atoms with Crippen molar-refractivity contribution in [2.75, 3.05) is 12.4 Å². The maximum absolute atomic E-state index is 13.1. The Morgan fingerprint density at radius 3 is 2.61 bits per heavy atom. The van der Waals surface area contributed by atoms with E-state index < -0.39 is 0 Å². The molecule has 1 fully saturated rings. The lowest BCUT2D eigenvalue weighted by atomic mass is 9.82. The lowest BCUT2D eigenvalue weighted by Crippen LogP contribution is -2.31. The highest BCUT2D eigenvalue weighted by Gasteiger charge is 2.24. The standard InChI is InChI=1S/C24H30N4O2S/c1-16(2)13-28-14-19(20-12-26-31-15-20)10-22(24(28)29)27-21-7-4-17(5-8-21)18-6-9-23(30-3)25-11-18/h6,9-12,14-17,21,27H,4-5,7-8,13H2,1-3H3. The van der Waals surface area contributed by atoms with Crippen molar-refractivity contribution in [1.29, 1.82) is 0 Å². The highest BCUT2D eigenvalue weighted by molar-refractivity contribution is 7.03. The summed E-state index contributed by atoms with van der Waals surface area (Å²) in [6.07, 6.45) is 9.99. The van der Waals surface area contributed by atoms with Gasteiger partial charge in [0.2, 0.25) is 5.88 Å². The maximum atomic E-state index is 13.1. The third-order valence-electron chi connectivity index (χ3n) is 5.94. The van der Waals surface area contributed by atoms with E-state index in [4.69, 9.17) is 4.74 Å². The third-order valence-corrected chi connectivity index (χ3v) is 6.53. The van der Waals surface area contributed by atoms with Crippen LogP contribution in [0.2, 0.25) is 0 Å². The highest BCUT2D eigenvalue weighted by atomic mass is 32.1. The summed E-state index contributed by atoms with van der Waals surface area (Å²) in [6, 6.07) is 6.34. The zero-order valence-electron chi connectivity index (χ0n) is 18.4. The first kappa shape index (κ1) is 21.6. The van der Waals surface area contributed by atoms with E-state index in [0.29, 0.717) is 36.0 Å². The molecular formula is C24H30N4O2S. The van der Waals surface area contributed by atoms with E-state index in [1.807, 2.05) is 40.7 Å². The molecular weight excluding hydrogens is 408 g/mol. The van der Waals surface area contributed by atoms with E-state index in [9.17, 15) is 4.79 Å². The Labute approximate surface area is 187 Å². The van der Waals surface area contributed by atoms with Gasteiger partial charge in [-0.1, -0.05) is 19.9 Å². The van der Waals surface area contributed by atoms with Gasteiger partial charge in [0.1, 0.15) is 5.69 Å². The highest BCUT2D eigenvalue weighted by Crippen LogP contribution is 2.34. The molecule has 0 aromatic carbocycles. The second kappa shape index (κ2) is 9.64. The average Bonchev–Trinajstić information content (AvgIpc) is 3.32. The van der Waals surface area contributed by atoms with Crippen molar-refractivity contribution in [3.8, 4) is 17.0 Å². The first-order valence-electron chi connectivity index (χ1n) is 10.9. The van der Waals surface area contributed by atoms with Crippen LogP contribution >= 0.6 is 11.5 Å². The number of pyridine rings is 2. The normalized spacial score (nSPS) is 18.8. The predicted octanol–water partition coefficient (Wildman–Crippen LogP) is 5.17. The minimum Gasteiger partial charge on any atom is -0.481 e. The quantitative estimate of drug-likeness (QED) is 0.551. The van der Waals surface area contributed by atoms with Gasteiger partial charge in [0, 0.05) is 53.8 Å². The molecule has 7 heteroatoms. The van der Waals surface area contributed by atoms with Crippen LogP contribution in [0.1, 0.15) is 51.0 Å². The molecule has 0 atom stereocenters. The second-order valence-corrected chi connectivity index (χ2v) is 9.39. The van der Waals surface area contributed by atoms with Crippen molar-refractivity contribution in [1.82, 2.24) is 13.9 Å². The summed E-state index contributed by atoms with van der Waals surface area (Å²) >= 11 is 1.43. The Morgan fingerprint density at radius 2 is 2.00 bits per heavy atom. The lowest BCUT2D eigenvalue weighted by Gasteiger charge is -2.30. The van der Waals surface area contributed by atoms with Gasteiger partial charge >= 0.3 is 0 Å². The van der Waals surface area contributed by atoms with Gasteiger partial charge in [-0.15, -0.1) is 0 Å². The minimum absolute atomic E-state index is 0.0575. The van der Waals surface area contributed by atoms with Crippen LogP contribution in [0.3, 0.4) is 0 Å². The maximum Gasteiger partial charge on any atom is 0.273 e. The summed E-state index contributed by atoms with van der Waals surface area (Å²) in [4.78, 5) is 17.5. The molecule has 6 nitrogen and oxygen atoms in total. The number of anilines is 1. The molecule has 0 bridgehead atoms. The number of hydrogen-bond acceptors (Lipinski definition) is 6. The van der Waals surface area contributed by atoms with Crippen LogP contribution < -0.4 is 15.6 Å². The number of hydrogen-bond donors (Lipinski definition) is 1. The molecule has 0 radical (unpaired) electrons. The van der Waals surface area contributed by atoms with Crippen LogP contribution in [0.25, 0.3) is 11.1 Å². The molecule has 1 aliphatic rings. The molecule has 1 saturated carbocycles. The number of nitrogens with one attached hydrogen (secondary N) is 1. The Morgan fingerprint density at radius 1 is 1.19 bits per heavy atom. The fourth-order valence-electron chi connectivity index (χ4n) is 4.32. The zero-order valence-corrected chi connectivity index (χ0v) is 19.2. The topological polar surface area (TPSA) is 69.0 Å². The molecule has 3 aromatic heterocycles. The number of nitrogens with zero attached hydrogens (tertiary/aromatic N) is 3. The Kier molecular flexibility index (Phi) is 6.70. The smallest absolute Gasteiger partial charge is 0.273 e. The fourth-order valence-corrected chi connectivity index (χ4v) is 4.86. The Bertz CT molecular complexity index is 1040. The largest absolute Gasteiger partial charge is 0.481 e. The molecule has 164 valence electrons. The minimum atomic E-state index is 0.0575. The number of methoxy groups -OCH3 is 1. The molecule has 3 heterocycles. The van der Waals surface area contributed by atoms with Crippen molar-refractivity contribution in [2.24, 2.45) is 5.92 Å². The van der Waals surface area contributed by atoms with E-state index in [0.717, 1.165) is 36.8 Å². The van der Waals surface area contributed by atoms with Gasteiger partial charge in [0.05, 0.1) is 7.11 Å². The summed E-state index contributed by atoms with van der Waals surface area (Å²) in [5, 5.41) is 5.59. The molecule has 0 spiro atoms. The van der Waals surface area contributed by atoms with E-state index in [1.54, 1.807) is 7.11 Å². The number of rotatable bonds is 7. The third kappa shape index (κ3) is 5.15. The molecule has 4 rings (SSSR count). The molecule has 0 aliphatic heterocycles. The van der Waals surface area contributed by atoms with Crippen LogP contribution in [0.15, 0.2) is 47.0 Å². The predicted molar refractivity (Wildman–Crippen MR) is 126 cm³/mol. The van der Waals surface area contributed by atoms with Crippen LogP contribution in [-0.4, -0.2) is 27.1 Å². The van der Waals surface area contributed by atoms with E-state index in [-0.39, 0.29) is 5.56 Å². The SMILES string of the molecule is COc1ccc(C2CCC(Nc3cc(-c4cnsc4)cn(CC(C)C)c3=O)CC2)cn1. The molecule has 0 unspecified atom stereocenters. The molecule has 3 aromatic rings. The van der Waals surface area contributed by atoms with Gasteiger partial charge < -0.3 is 14.6 Å². The first-order valence-corrected chi connectivity index (χ1v) is 11.8. The van der Waals surface area contributed by atoms with E-state index in [2.05, 4.69) is 34.6 Å². The van der Waals surface area contributed by atoms with Crippen LogP contribution in [0.5, 0.6) is 5.88 Å². The van der Waals surface area contributed by atoms with Gasteiger partial charge in [0.25, 0.3) is 5.56 Å². The Hall–Kier alpha value is -2.67. The molecule has 1 N–H and O–H groups in total. The van der Waals surface area contributed by atoms with Crippen molar-refractivity contribution in [3.63, 3.8) is 0 Å². The summed E-state index contributed by atoms with van der Waals surface area (Å²) in [6.45, 7) is 4.97. The van der Waals surface area contributed by atoms with Crippen molar-refractivity contribution in [2.45, 2.75) is 58.0 Å². The summed E-state index contributed by atoms with van der Waals surface area (Å²) in [5.74, 6) is 1.56. The van der Waals surface area contributed by atoms with Crippen molar-refractivity contribution >= 4 is 17.2 Å². The summed E-state index contributed by atoms with van der Waals surface area (Å²) in [7, 11) is 1.64. The van der Waals surface area contributed by atoms with Crippen LogP contribution in [0, 0.1) is 5.92 Å². The molecule has 0 saturated heterocycles. The number of aromatic nitrogens is 3. The molecule has 0 amide bonds. The van der Waals surface area contributed by atoms with Crippen molar-refractivity contribution < 1.29 is 4.74 Å². The Balaban J connectivity index is 1.48. The fraction of sp³-hybridized carbons (Fsp3) is 0.458. The van der Waals surface area contributed by atoms with Gasteiger partial charge in [-0.2, -0.15) is 0 Å². The monoisotopic (exact) mass is 438 g/mol. The van der Waals surface area contributed by atoms with Crippen LogP contribution in [0.4, 0.5) is 5.69 Å². The van der Waals surface area contributed by atoms with Crippen molar-refractivity contribution in [3.05, 3.63) is 58.1 Å². The van der Waals surface area contributed by atoms with Gasteiger partial charge in [-0.25, -0.2) is 9.36 Å². The average molecular weight is 439 g/mol. The van der Waals surface area contributed by atoms with Gasteiger partial charge in [-0.05, 0) is 60.7 Å². The van der Waals surface area contributed by atoms with Gasteiger partial charge in [-0.3, -0.25) is 4.79 Å². The summed E-state index contributed by atoms with van der Waals surface area (Å²) < 4.78 is 11.2. The van der Waals surface area contributed by atoms with E-state index >= 15 is 0 Å². The van der Waals surface area contributed by atoms with E-state index in [1.165, 1.54) is 17.1 Å². The lowest BCUT2D eigenvalue weighted by molar-refractivity contribution is 0.393. The number of ether oxygens (including phenoxy) is 1. The van der Waals surface area contributed by atoms with Crippen LogP contribution in [-0.2, 0) is 6.54 Å². The zero-order chi connectivity index (χ0) is 21.8. The summed E-state index contributed by atoms with van der Waals surface area (Å²) in [5.41, 5.74) is 4.11. The second-order valence-electron chi connectivity index (χ2n) is 8.73. The molecule has 31 heavy (non-hydrogen) atoms. The van der Waals surface area contributed by atoms with Gasteiger partial charge in [0.15, 0.2) is 0 Å².